The fraction of sp³-hybridized carbons (Fsp3) is 0.316. The summed E-state index contributed by atoms with van der Waals surface area (Å²) >= 11 is 3.40. The summed E-state index contributed by atoms with van der Waals surface area (Å²) in [6.45, 7) is 5.65. The Morgan fingerprint density at radius 1 is 1.00 bits per heavy atom. The molecule has 5 heteroatoms. The fourth-order valence-corrected chi connectivity index (χ4v) is 3.22. The normalized spacial score (nSPS) is 16.7. The average Bonchev–Trinajstić information content (AvgIpc) is 2.64. The molecular weight excluding hydrogens is 366 g/mol. The molecular formula is C19H22BrN3O. The van der Waals surface area contributed by atoms with Gasteiger partial charge in [-0.15, -0.1) is 0 Å². The van der Waals surface area contributed by atoms with E-state index in [-0.39, 0.29) is 11.9 Å². The van der Waals surface area contributed by atoms with Crippen LogP contribution < -0.4 is 10.2 Å². The van der Waals surface area contributed by atoms with Crippen LogP contribution in [-0.2, 0) is 4.79 Å². The van der Waals surface area contributed by atoms with Gasteiger partial charge in [-0.3, -0.25) is 9.69 Å². The van der Waals surface area contributed by atoms with Crippen molar-refractivity contribution in [1.29, 1.82) is 0 Å². The Kier molecular flexibility index (Phi) is 5.53. The quantitative estimate of drug-likeness (QED) is 0.870. The zero-order valence-corrected chi connectivity index (χ0v) is 15.4. The summed E-state index contributed by atoms with van der Waals surface area (Å²) in [5.41, 5.74) is 2.09. The summed E-state index contributed by atoms with van der Waals surface area (Å²) in [6.07, 6.45) is 0. The molecule has 1 amide bonds. The van der Waals surface area contributed by atoms with E-state index in [1.54, 1.807) is 0 Å². The number of amides is 1. The molecule has 1 saturated heterocycles. The highest BCUT2D eigenvalue weighted by molar-refractivity contribution is 9.10. The molecule has 0 radical (unpaired) electrons. The lowest BCUT2D eigenvalue weighted by molar-refractivity contribution is -0.120. The van der Waals surface area contributed by atoms with E-state index in [1.165, 1.54) is 5.69 Å². The van der Waals surface area contributed by atoms with Gasteiger partial charge in [-0.25, -0.2) is 0 Å². The largest absolute Gasteiger partial charge is 0.369 e. The molecule has 0 aliphatic carbocycles. The highest BCUT2D eigenvalue weighted by Gasteiger charge is 2.25. The third kappa shape index (κ3) is 4.16. The molecule has 3 rings (SSSR count). The topological polar surface area (TPSA) is 35.6 Å². The first-order chi connectivity index (χ1) is 11.6. The molecule has 1 N–H and O–H groups in total. The Labute approximate surface area is 151 Å². The van der Waals surface area contributed by atoms with Gasteiger partial charge in [-0.1, -0.05) is 34.1 Å². The minimum Gasteiger partial charge on any atom is -0.369 e. The first-order valence-corrected chi connectivity index (χ1v) is 9.03. The summed E-state index contributed by atoms with van der Waals surface area (Å²) in [7, 11) is 0. The van der Waals surface area contributed by atoms with Crippen molar-refractivity contribution < 1.29 is 4.79 Å². The number of anilines is 2. The highest BCUT2D eigenvalue weighted by atomic mass is 79.9. The fourth-order valence-electron chi connectivity index (χ4n) is 2.95. The van der Waals surface area contributed by atoms with Crippen molar-refractivity contribution in [3.63, 3.8) is 0 Å². The predicted octanol–water partition coefficient (Wildman–Crippen LogP) is 3.60. The van der Waals surface area contributed by atoms with Gasteiger partial charge in [0.25, 0.3) is 0 Å². The van der Waals surface area contributed by atoms with Crippen molar-refractivity contribution in [2.45, 2.75) is 13.0 Å². The van der Waals surface area contributed by atoms with E-state index in [0.29, 0.717) is 0 Å². The van der Waals surface area contributed by atoms with Gasteiger partial charge in [0.05, 0.1) is 6.04 Å². The van der Waals surface area contributed by atoms with Gasteiger partial charge >= 0.3 is 0 Å². The standard InChI is InChI=1S/C19H22BrN3O/c1-15(19(24)21-17-9-7-16(20)8-10-17)22-11-13-23(14-12-22)18-5-3-2-4-6-18/h2-10,15H,11-14H2,1H3,(H,21,24)/t15-/m1/s1. The van der Waals surface area contributed by atoms with Crippen LogP contribution in [0.2, 0.25) is 0 Å². The van der Waals surface area contributed by atoms with Gasteiger partial charge in [0.2, 0.25) is 5.91 Å². The predicted molar refractivity (Wildman–Crippen MR) is 102 cm³/mol. The Morgan fingerprint density at radius 2 is 1.62 bits per heavy atom. The number of rotatable bonds is 4. The van der Waals surface area contributed by atoms with E-state index in [1.807, 2.05) is 37.3 Å². The van der Waals surface area contributed by atoms with Crippen LogP contribution in [0.4, 0.5) is 11.4 Å². The molecule has 24 heavy (non-hydrogen) atoms. The van der Waals surface area contributed by atoms with Gasteiger partial charge in [0.15, 0.2) is 0 Å². The lowest BCUT2D eigenvalue weighted by Crippen LogP contribution is -2.52. The second kappa shape index (κ2) is 7.81. The van der Waals surface area contributed by atoms with Crippen LogP contribution in [-0.4, -0.2) is 43.0 Å². The van der Waals surface area contributed by atoms with Crippen molar-refractivity contribution in [2.75, 3.05) is 36.4 Å². The molecule has 1 aliphatic heterocycles. The van der Waals surface area contributed by atoms with Crippen LogP contribution in [0.25, 0.3) is 0 Å². The van der Waals surface area contributed by atoms with Gasteiger partial charge < -0.3 is 10.2 Å². The van der Waals surface area contributed by atoms with Gasteiger partial charge in [0, 0.05) is 42.0 Å². The Balaban J connectivity index is 1.53. The first kappa shape index (κ1) is 17.0. The molecule has 0 bridgehead atoms. The summed E-state index contributed by atoms with van der Waals surface area (Å²) in [5, 5.41) is 2.99. The maximum atomic E-state index is 12.5. The van der Waals surface area contributed by atoms with Gasteiger partial charge in [0.1, 0.15) is 0 Å². The number of hydrogen-bond donors (Lipinski definition) is 1. The molecule has 4 nitrogen and oxygen atoms in total. The SMILES string of the molecule is C[C@H](C(=O)Nc1ccc(Br)cc1)N1CCN(c2ccccc2)CC1. The maximum absolute atomic E-state index is 12.5. The zero-order valence-electron chi connectivity index (χ0n) is 13.8. The smallest absolute Gasteiger partial charge is 0.241 e. The van der Waals surface area contributed by atoms with Gasteiger partial charge in [-0.05, 0) is 43.3 Å². The molecule has 126 valence electrons. The number of para-hydroxylation sites is 1. The number of benzene rings is 2. The molecule has 0 saturated carbocycles. The molecule has 1 aliphatic rings. The maximum Gasteiger partial charge on any atom is 0.241 e. The zero-order chi connectivity index (χ0) is 16.9. The summed E-state index contributed by atoms with van der Waals surface area (Å²) in [4.78, 5) is 17.1. The van der Waals surface area contributed by atoms with E-state index < -0.39 is 0 Å². The molecule has 0 aromatic heterocycles. The van der Waals surface area contributed by atoms with Crippen molar-refractivity contribution in [3.8, 4) is 0 Å². The Bertz CT molecular complexity index is 667. The molecule has 0 unspecified atom stereocenters. The number of hydrogen-bond acceptors (Lipinski definition) is 3. The van der Waals surface area contributed by atoms with Crippen LogP contribution in [0.15, 0.2) is 59.1 Å². The van der Waals surface area contributed by atoms with Crippen LogP contribution in [0.5, 0.6) is 0 Å². The lowest BCUT2D eigenvalue weighted by Gasteiger charge is -2.38. The van der Waals surface area contributed by atoms with Crippen LogP contribution in [0, 0.1) is 0 Å². The lowest BCUT2D eigenvalue weighted by atomic mass is 10.2. The summed E-state index contributed by atoms with van der Waals surface area (Å²) < 4.78 is 1.01. The first-order valence-electron chi connectivity index (χ1n) is 8.24. The summed E-state index contributed by atoms with van der Waals surface area (Å²) in [5.74, 6) is 0.0467. The molecule has 1 atom stereocenters. The minimum atomic E-state index is -0.133. The van der Waals surface area contributed by atoms with E-state index in [0.717, 1.165) is 36.3 Å². The van der Waals surface area contributed by atoms with Crippen LogP contribution in [0.1, 0.15) is 6.92 Å². The van der Waals surface area contributed by atoms with Crippen LogP contribution >= 0.6 is 15.9 Å². The molecule has 2 aromatic carbocycles. The van der Waals surface area contributed by atoms with Crippen molar-refractivity contribution in [1.82, 2.24) is 4.90 Å². The second-order valence-corrected chi connectivity index (χ2v) is 6.95. The number of halogens is 1. The van der Waals surface area contributed by atoms with E-state index >= 15 is 0 Å². The molecule has 0 spiro atoms. The Morgan fingerprint density at radius 3 is 2.25 bits per heavy atom. The third-order valence-corrected chi connectivity index (χ3v) is 5.00. The average molecular weight is 388 g/mol. The second-order valence-electron chi connectivity index (χ2n) is 6.03. The van der Waals surface area contributed by atoms with Crippen molar-refractivity contribution in [2.24, 2.45) is 0 Å². The van der Waals surface area contributed by atoms with E-state index in [2.05, 4.69) is 55.3 Å². The molecule has 2 aromatic rings. The number of carbonyl (C=O) groups is 1. The number of nitrogens with one attached hydrogen (secondary N) is 1. The monoisotopic (exact) mass is 387 g/mol. The highest BCUT2D eigenvalue weighted by Crippen LogP contribution is 2.18. The third-order valence-electron chi connectivity index (χ3n) is 4.47. The summed E-state index contributed by atoms with van der Waals surface area (Å²) in [6, 6.07) is 18.0. The van der Waals surface area contributed by atoms with Gasteiger partial charge in [-0.2, -0.15) is 0 Å². The number of carbonyl (C=O) groups excluding carboxylic acids is 1. The van der Waals surface area contributed by atoms with E-state index in [9.17, 15) is 4.79 Å². The molecule has 1 fully saturated rings. The number of nitrogens with zero attached hydrogens (tertiary/aromatic N) is 2. The minimum absolute atomic E-state index is 0.0467. The Hall–Kier alpha value is -1.85. The van der Waals surface area contributed by atoms with Crippen molar-refractivity contribution in [3.05, 3.63) is 59.1 Å². The molecule has 1 heterocycles. The van der Waals surface area contributed by atoms with Crippen LogP contribution in [0.3, 0.4) is 0 Å². The van der Waals surface area contributed by atoms with E-state index in [4.69, 9.17) is 0 Å². The van der Waals surface area contributed by atoms with Crippen molar-refractivity contribution >= 4 is 33.2 Å². The number of piperazine rings is 1.